The highest BCUT2D eigenvalue weighted by Gasteiger charge is 2.17. The molecule has 0 saturated carbocycles. The Morgan fingerprint density at radius 1 is 1.06 bits per heavy atom. The van der Waals surface area contributed by atoms with E-state index in [4.69, 9.17) is 16.3 Å². The molecular weight excluding hydrogens is 470 g/mol. The fourth-order valence-electron chi connectivity index (χ4n) is 3.18. The van der Waals surface area contributed by atoms with Crippen LogP contribution in [0.1, 0.15) is 12.5 Å². The summed E-state index contributed by atoms with van der Waals surface area (Å²) < 4.78 is 7.15. The lowest BCUT2D eigenvalue weighted by molar-refractivity contribution is -0.118. The number of carbonyl (C=O) groups excluding carboxylic acids is 1. The number of thioether (sulfide) groups is 1. The van der Waals surface area contributed by atoms with Gasteiger partial charge >= 0.3 is 0 Å². The maximum absolute atomic E-state index is 12.5. The number of ether oxygens (including phenoxy) is 1. The van der Waals surface area contributed by atoms with E-state index in [0.29, 0.717) is 21.7 Å². The van der Waals surface area contributed by atoms with Gasteiger partial charge in [0.25, 0.3) is 5.91 Å². The number of rotatable bonds is 8. The summed E-state index contributed by atoms with van der Waals surface area (Å²) in [5.41, 5.74) is 5.91. The second-order valence-electron chi connectivity index (χ2n) is 7.24. The molecule has 1 aromatic heterocycles. The van der Waals surface area contributed by atoms with Gasteiger partial charge in [-0.05, 0) is 43.3 Å². The summed E-state index contributed by atoms with van der Waals surface area (Å²) >= 11 is 7.35. The van der Waals surface area contributed by atoms with Gasteiger partial charge in [0, 0.05) is 21.8 Å². The molecule has 7 nitrogen and oxygen atoms in total. The second-order valence-corrected chi connectivity index (χ2v) is 8.62. The fourth-order valence-corrected chi connectivity index (χ4v) is 4.05. The third kappa shape index (κ3) is 5.65. The van der Waals surface area contributed by atoms with Gasteiger partial charge in [0.2, 0.25) is 0 Å². The quantitative estimate of drug-likeness (QED) is 0.207. The first-order valence-corrected chi connectivity index (χ1v) is 11.8. The number of hydrazone groups is 1. The van der Waals surface area contributed by atoms with Crippen molar-refractivity contribution in [1.29, 1.82) is 0 Å². The van der Waals surface area contributed by atoms with Crippen molar-refractivity contribution < 1.29 is 9.53 Å². The van der Waals surface area contributed by atoms with Crippen LogP contribution in [-0.4, -0.2) is 39.2 Å². The van der Waals surface area contributed by atoms with Crippen molar-refractivity contribution >= 4 is 35.0 Å². The Kier molecular flexibility index (Phi) is 7.61. The summed E-state index contributed by atoms with van der Waals surface area (Å²) in [5, 5.41) is 14.2. The van der Waals surface area contributed by atoms with Crippen molar-refractivity contribution in [2.24, 2.45) is 5.10 Å². The first-order valence-electron chi connectivity index (χ1n) is 10.4. The number of carbonyl (C=O) groups is 1. The summed E-state index contributed by atoms with van der Waals surface area (Å²) in [5.74, 6) is 1.27. The first-order chi connectivity index (χ1) is 16.5. The zero-order chi connectivity index (χ0) is 23.9. The average Bonchev–Trinajstić information content (AvgIpc) is 3.31. The van der Waals surface area contributed by atoms with Gasteiger partial charge in [0.15, 0.2) is 11.0 Å². The maximum Gasteiger partial charge on any atom is 0.250 e. The van der Waals surface area contributed by atoms with Crippen molar-refractivity contribution in [3.8, 4) is 22.8 Å². The number of aromatic nitrogens is 3. The SMILES string of the molecule is COc1cccc(/C(C)=N\NC(=O)CSc2nnc(-c3ccccc3)n2-c2ccc(Cl)cc2)c1. The molecular formula is C25H22ClN5O2S. The summed E-state index contributed by atoms with van der Waals surface area (Å²) in [6.07, 6.45) is 0. The molecule has 1 amide bonds. The number of nitrogens with zero attached hydrogens (tertiary/aromatic N) is 4. The van der Waals surface area contributed by atoms with Gasteiger partial charge < -0.3 is 4.74 Å². The predicted molar refractivity (Wildman–Crippen MR) is 136 cm³/mol. The Hall–Kier alpha value is -3.62. The van der Waals surface area contributed by atoms with Crippen molar-refractivity contribution in [2.45, 2.75) is 12.1 Å². The molecule has 1 heterocycles. The molecule has 0 aliphatic rings. The van der Waals surface area contributed by atoms with Crippen LogP contribution in [-0.2, 0) is 4.79 Å². The molecule has 0 bridgehead atoms. The molecule has 0 spiro atoms. The Balaban J connectivity index is 1.51. The Labute approximate surface area is 206 Å². The summed E-state index contributed by atoms with van der Waals surface area (Å²) in [4.78, 5) is 12.5. The smallest absolute Gasteiger partial charge is 0.250 e. The van der Waals surface area contributed by atoms with E-state index in [9.17, 15) is 4.79 Å². The Morgan fingerprint density at radius 2 is 1.82 bits per heavy atom. The Bertz CT molecular complexity index is 1310. The normalized spacial score (nSPS) is 11.3. The highest BCUT2D eigenvalue weighted by Crippen LogP contribution is 2.28. The largest absolute Gasteiger partial charge is 0.497 e. The molecule has 0 saturated heterocycles. The lowest BCUT2D eigenvalue weighted by Gasteiger charge is -2.10. The van der Waals surface area contributed by atoms with Crippen LogP contribution in [0.15, 0.2) is 89.1 Å². The standard InChI is InChI=1S/C25H22ClN5O2S/c1-17(19-9-6-10-22(15-19)33-2)27-28-23(32)16-34-25-30-29-24(18-7-4-3-5-8-18)31(25)21-13-11-20(26)12-14-21/h3-15H,16H2,1-2H3,(H,28,32)/b27-17-. The van der Waals surface area contributed by atoms with E-state index in [1.807, 2.05) is 90.4 Å². The van der Waals surface area contributed by atoms with E-state index in [-0.39, 0.29) is 11.7 Å². The molecule has 34 heavy (non-hydrogen) atoms. The highest BCUT2D eigenvalue weighted by molar-refractivity contribution is 7.99. The first kappa shape index (κ1) is 23.5. The van der Waals surface area contributed by atoms with Crippen molar-refractivity contribution in [2.75, 3.05) is 12.9 Å². The van der Waals surface area contributed by atoms with Gasteiger partial charge in [0.1, 0.15) is 5.75 Å². The van der Waals surface area contributed by atoms with E-state index in [1.54, 1.807) is 7.11 Å². The molecule has 0 unspecified atom stereocenters. The topological polar surface area (TPSA) is 81.4 Å². The van der Waals surface area contributed by atoms with Crippen LogP contribution < -0.4 is 10.2 Å². The maximum atomic E-state index is 12.5. The lowest BCUT2D eigenvalue weighted by Crippen LogP contribution is -2.21. The van der Waals surface area contributed by atoms with E-state index in [2.05, 4.69) is 20.7 Å². The van der Waals surface area contributed by atoms with Crippen molar-refractivity contribution in [3.05, 3.63) is 89.4 Å². The van der Waals surface area contributed by atoms with Crippen LogP contribution in [0.3, 0.4) is 0 Å². The number of methoxy groups -OCH3 is 1. The molecule has 1 N–H and O–H groups in total. The van der Waals surface area contributed by atoms with Gasteiger partial charge in [0.05, 0.1) is 18.6 Å². The number of amides is 1. The molecule has 172 valence electrons. The number of nitrogens with one attached hydrogen (secondary N) is 1. The van der Waals surface area contributed by atoms with E-state index in [1.165, 1.54) is 11.8 Å². The summed E-state index contributed by atoms with van der Waals surface area (Å²) in [6, 6.07) is 24.7. The molecule has 9 heteroatoms. The molecule has 0 aliphatic heterocycles. The zero-order valence-corrected chi connectivity index (χ0v) is 20.2. The summed E-state index contributed by atoms with van der Waals surface area (Å²) in [6.45, 7) is 1.82. The summed E-state index contributed by atoms with van der Waals surface area (Å²) in [7, 11) is 1.61. The zero-order valence-electron chi connectivity index (χ0n) is 18.6. The van der Waals surface area contributed by atoms with Crippen LogP contribution >= 0.6 is 23.4 Å². The van der Waals surface area contributed by atoms with E-state index < -0.39 is 0 Å². The van der Waals surface area contributed by atoms with Crippen LogP contribution in [0, 0.1) is 0 Å². The molecule has 0 aliphatic carbocycles. The number of halogens is 1. The molecule has 4 rings (SSSR count). The molecule has 0 atom stereocenters. The number of hydrogen-bond donors (Lipinski definition) is 1. The third-order valence-electron chi connectivity index (χ3n) is 4.92. The second kappa shape index (κ2) is 11.0. The van der Waals surface area contributed by atoms with Crippen LogP contribution in [0.25, 0.3) is 17.1 Å². The van der Waals surface area contributed by atoms with Gasteiger partial charge in [-0.3, -0.25) is 9.36 Å². The van der Waals surface area contributed by atoms with Gasteiger partial charge in [-0.15, -0.1) is 10.2 Å². The fraction of sp³-hybridized carbons (Fsp3) is 0.120. The monoisotopic (exact) mass is 491 g/mol. The van der Waals surface area contributed by atoms with Gasteiger partial charge in [-0.25, -0.2) is 5.43 Å². The van der Waals surface area contributed by atoms with Crippen LogP contribution in [0.4, 0.5) is 0 Å². The van der Waals surface area contributed by atoms with E-state index in [0.717, 1.165) is 22.6 Å². The lowest BCUT2D eigenvalue weighted by atomic mass is 10.1. The van der Waals surface area contributed by atoms with Crippen molar-refractivity contribution in [3.63, 3.8) is 0 Å². The minimum absolute atomic E-state index is 0.120. The van der Waals surface area contributed by atoms with Gasteiger partial charge in [-0.1, -0.05) is 65.8 Å². The molecule has 0 fully saturated rings. The van der Waals surface area contributed by atoms with Gasteiger partial charge in [-0.2, -0.15) is 5.10 Å². The third-order valence-corrected chi connectivity index (χ3v) is 6.10. The number of benzene rings is 3. The Morgan fingerprint density at radius 3 is 2.56 bits per heavy atom. The molecule has 4 aromatic rings. The predicted octanol–water partition coefficient (Wildman–Crippen LogP) is 5.23. The van der Waals surface area contributed by atoms with Crippen LogP contribution in [0.2, 0.25) is 5.02 Å². The van der Waals surface area contributed by atoms with E-state index >= 15 is 0 Å². The average molecular weight is 492 g/mol. The number of hydrogen-bond acceptors (Lipinski definition) is 6. The molecule has 3 aromatic carbocycles. The minimum atomic E-state index is -0.251. The van der Waals surface area contributed by atoms with Crippen molar-refractivity contribution in [1.82, 2.24) is 20.2 Å². The highest BCUT2D eigenvalue weighted by atomic mass is 35.5. The molecule has 0 radical (unpaired) electrons. The van der Waals surface area contributed by atoms with Crippen LogP contribution in [0.5, 0.6) is 5.75 Å². The minimum Gasteiger partial charge on any atom is -0.497 e.